The van der Waals surface area contributed by atoms with Crippen LogP contribution < -0.4 is 10.6 Å². The van der Waals surface area contributed by atoms with Crippen molar-refractivity contribution in [3.8, 4) is 0 Å². The minimum absolute atomic E-state index is 0. The number of nitrogens with zero attached hydrogens (tertiary/aromatic N) is 4. The number of nitrogens with one attached hydrogen (secondary N) is 2. The lowest BCUT2D eigenvalue weighted by molar-refractivity contribution is 0.729. The van der Waals surface area contributed by atoms with Crippen molar-refractivity contribution in [2.75, 3.05) is 19.6 Å². The van der Waals surface area contributed by atoms with Crippen LogP contribution in [0.1, 0.15) is 29.6 Å². The third-order valence-electron chi connectivity index (χ3n) is 4.03. The van der Waals surface area contributed by atoms with E-state index < -0.39 is 0 Å². The summed E-state index contributed by atoms with van der Waals surface area (Å²) in [6.45, 7) is 8.65. The van der Waals surface area contributed by atoms with Gasteiger partial charge in [0, 0.05) is 50.7 Å². The molecule has 0 aromatic carbocycles. The number of guanidine groups is 1. The predicted molar refractivity (Wildman–Crippen MR) is 114 cm³/mol. The largest absolute Gasteiger partial charge is 0.357 e. The number of hydrogen-bond donors (Lipinski definition) is 2. The van der Waals surface area contributed by atoms with Crippen LogP contribution in [0.15, 0.2) is 29.4 Å². The van der Waals surface area contributed by atoms with E-state index in [4.69, 9.17) is 0 Å². The van der Waals surface area contributed by atoms with Crippen LogP contribution in [-0.4, -0.2) is 40.4 Å². The van der Waals surface area contributed by atoms with Gasteiger partial charge >= 0.3 is 0 Å². The highest BCUT2D eigenvalue weighted by Gasteiger charge is 2.09. The number of halogens is 1. The van der Waals surface area contributed by atoms with Crippen molar-refractivity contribution in [3.63, 3.8) is 0 Å². The van der Waals surface area contributed by atoms with E-state index in [1.54, 1.807) is 0 Å². The Labute approximate surface area is 167 Å². The molecule has 7 heteroatoms. The van der Waals surface area contributed by atoms with Crippen LogP contribution >= 0.6 is 24.0 Å². The zero-order valence-corrected chi connectivity index (χ0v) is 17.9. The van der Waals surface area contributed by atoms with E-state index in [1.165, 1.54) is 11.3 Å². The molecule has 0 aliphatic rings. The fraction of sp³-hybridized carbons (Fsp3) is 0.500. The van der Waals surface area contributed by atoms with E-state index in [0.717, 1.165) is 49.8 Å². The quantitative estimate of drug-likeness (QED) is 0.382. The second-order valence-electron chi connectivity index (χ2n) is 5.78. The molecule has 2 rings (SSSR count). The third-order valence-corrected chi connectivity index (χ3v) is 4.03. The summed E-state index contributed by atoms with van der Waals surface area (Å²) in [5.74, 6) is 0.854. The summed E-state index contributed by atoms with van der Waals surface area (Å²) >= 11 is 0. The number of pyridine rings is 1. The first-order chi connectivity index (χ1) is 11.6. The summed E-state index contributed by atoms with van der Waals surface area (Å²) in [6.07, 6.45) is 3.61. The molecule has 0 amide bonds. The molecule has 0 fully saturated rings. The molecule has 0 atom stereocenters. The monoisotopic (exact) mass is 456 g/mol. The highest BCUT2D eigenvalue weighted by Crippen LogP contribution is 2.11. The van der Waals surface area contributed by atoms with Gasteiger partial charge in [0.05, 0.1) is 5.69 Å². The van der Waals surface area contributed by atoms with Crippen molar-refractivity contribution in [1.29, 1.82) is 0 Å². The fourth-order valence-electron chi connectivity index (χ4n) is 2.66. The van der Waals surface area contributed by atoms with Crippen molar-refractivity contribution in [1.82, 2.24) is 25.4 Å². The number of hydrogen-bond acceptors (Lipinski definition) is 3. The zero-order valence-electron chi connectivity index (χ0n) is 15.5. The molecule has 0 saturated carbocycles. The van der Waals surface area contributed by atoms with Crippen LogP contribution in [0.4, 0.5) is 0 Å². The molecular weight excluding hydrogens is 427 g/mol. The Morgan fingerprint density at radius 3 is 2.60 bits per heavy atom. The molecule has 0 radical (unpaired) electrons. The number of aryl methyl sites for hydroxylation is 2. The molecule has 2 heterocycles. The van der Waals surface area contributed by atoms with Gasteiger partial charge in [-0.1, -0.05) is 6.07 Å². The van der Waals surface area contributed by atoms with Crippen LogP contribution in [-0.2, 0) is 19.9 Å². The van der Waals surface area contributed by atoms with Crippen molar-refractivity contribution >= 4 is 29.9 Å². The molecular formula is C18H29IN6. The highest BCUT2D eigenvalue weighted by molar-refractivity contribution is 14.0. The summed E-state index contributed by atoms with van der Waals surface area (Å²) in [5, 5.41) is 11.2. The lowest BCUT2D eigenvalue weighted by Gasteiger charge is -2.11. The average molecular weight is 456 g/mol. The number of aromatic nitrogens is 3. The SMILES string of the molecule is CCNC(=NCCc1ccccn1)NCCc1c(C)nn(C)c1C.I. The Kier molecular flexibility index (Phi) is 9.48. The molecule has 0 spiro atoms. The van der Waals surface area contributed by atoms with Gasteiger partial charge in [-0.3, -0.25) is 14.7 Å². The normalized spacial score (nSPS) is 11.1. The van der Waals surface area contributed by atoms with Gasteiger partial charge in [0.2, 0.25) is 0 Å². The highest BCUT2D eigenvalue weighted by atomic mass is 127. The maximum atomic E-state index is 4.62. The van der Waals surface area contributed by atoms with Gasteiger partial charge in [-0.25, -0.2) is 0 Å². The standard InChI is InChI=1S/C18H28N6.HI/c1-5-19-18(21-12-9-16-8-6-7-11-20-16)22-13-10-17-14(2)23-24(4)15(17)3;/h6-8,11H,5,9-10,12-13H2,1-4H3,(H2,19,21,22);1H. The topological polar surface area (TPSA) is 67.1 Å². The minimum Gasteiger partial charge on any atom is -0.357 e. The Morgan fingerprint density at radius 2 is 2.00 bits per heavy atom. The summed E-state index contributed by atoms with van der Waals surface area (Å²) in [7, 11) is 1.99. The van der Waals surface area contributed by atoms with Gasteiger partial charge in [0.1, 0.15) is 0 Å². The first kappa shape index (κ1) is 21.4. The third kappa shape index (κ3) is 6.64. The maximum Gasteiger partial charge on any atom is 0.191 e. The Balaban J connectivity index is 0.00000312. The van der Waals surface area contributed by atoms with Crippen molar-refractivity contribution in [2.24, 2.45) is 12.0 Å². The summed E-state index contributed by atoms with van der Waals surface area (Å²) in [4.78, 5) is 8.95. The van der Waals surface area contributed by atoms with Crippen LogP contribution in [0.5, 0.6) is 0 Å². The van der Waals surface area contributed by atoms with Crippen LogP contribution in [0.25, 0.3) is 0 Å². The first-order valence-electron chi connectivity index (χ1n) is 8.53. The molecule has 2 aromatic rings. The Bertz CT molecular complexity index is 666. The summed E-state index contributed by atoms with van der Waals surface area (Å²) in [5.41, 5.74) is 4.72. The van der Waals surface area contributed by atoms with E-state index in [1.807, 2.05) is 36.1 Å². The zero-order chi connectivity index (χ0) is 17.4. The molecule has 0 bridgehead atoms. The summed E-state index contributed by atoms with van der Waals surface area (Å²) in [6, 6.07) is 5.97. The van der Waals surface area contributed by atoms with E-state index in [9.17, 15) is 0 Å². The van der Waals surface area contributed by atoms with E-state index in [-0.39, 0.29) is 24.0 Å². The van der Waals surface area contributed by atoms with Gasteiger partial charge in [-0.05, 0) is 44.9 Å². The van der Waals surface area contributed by atoms with Crippen molar-refractivity contribution in [3.05, 3.63) is 47.0 Å². The molecule has 2 N–H and O–H groups in total. The van der Waals surface area contributed by atoms with E-state index in [2.05, 4.69) is 46.5 Å². The molecule has 0 unspecified atom stereocenters. The second-order valence-corrected chi connectivity index (χ2v) is 5.78. The van der Waals surface area contributed by atoms with E-state index >= 15 is 0 Å². The maximum absolute atomic E-state index is 4.62. The van der Waals surface area contributed by atoms with Crippen molar-refractivity contribution < 1.29 is 0 Å². The molecule has 0 aliphatic heterocycles. The predicted octanol–water partition coefficient (Wildman–Crippen LogP) is 2.39. The molecule has 138 valence electrons. The average Bonchev–Trinajstić information content (AvgIpc) is 2.82. The number of rotatable bonds is 7. The minimum atomic E-state index is 0. The molecule has 0 aliphatic carbocycles. The smallest absolute Gasteiger partial charge is 0.191 e. The van der Waals surface area contributed by atoms with Crippen LogP contribution in [0, 0.1) is 13.8 Å². The van der Waals surface area contributed by atoms with Crippen molar-refractivity contribution in [2.45, 2.75) is 33.6 Å². The van der Waals surface area contributed by atoms with E-state index in [0.29, 0.717) is 0 Å². The van der Waals surface area contributed by atoms with Gasteiger partial charge in [0.25, 0.3) is 0 Å². The van der Waals surface area contributed by atoms with Crippen LogP contribution in [0.2, 0.25) is 0 Å². The second kappa shape index (κ2) is 11.1. The van der Waals surface area contributed by atoms with Gasteiger partial charge < -0.3 is 10.6 Å². The van der Waals surface area contributed by atoms with Crippen LogP contribution in [0.3, 0.4) is 0 Å². The molecule has 25 heavy (non-hydrogen) atoms. The Hall–Kier alpha value is -1.64. The first-order valence-corrected chi connectivity index (χ1v) is 8.53. The molecule has 6 nitrogen and oxygen atoms in total. The Morgan fingerprint density at radius 1 is 1.20 bits per heavy atom. The number of aliphatic imine (C=N–C) groups is 1. The van der Waals surface area contributed by atoms with Gasteiger partial charge in [-0.15, -0.1) is 24.0 Å². The van der Waals surface area contributed by atoms with Gasteiger partial charge in [0.15, 0.2) is 5.96 Å². The fourth-order valence-corrected chi connectivity index (χ4v) is 2.66. The lowest BCUT2D eigenvalue weighted by atomic mass is 10.1. The van der Waals surface area contributed by atoms with Gasteiger partial charge in [-0.2, -0.15) is 5.10 Å². The summed E-state index contributed by atoms with van der Waals surface area (Å²) < 4.78 is 1.94. The molecule has 0 saturated heterocycles. The molecule has 2 aromatic heterocycles. The lowest BCUT2D eigenvalue weighted by Crippen LogP contribution is -2.38.